The van der Waals surface area contributed by atoms with Crippen LogP contribution >= 0.6 is 11.6 Å². The Morgan fingerprint density at radius 1 is 0.895 bits per heavy atom. The zero-order chi connectivity index (χ0) is 13.1. The van der Waals surface area contributed by atoms with Crippen molar-refractivity contribution in [2.24, 2.45) is 0 Å². The first-order valence-electron chi connectivity index (χ1n) is 5.37. The van der Waals surface area contributed by atoms with Crippen molar-refractivity contribution >= 4 is 11.6 Å². The normalized spacial score (nSPS) is 10.4. The van der Waals surface area contributed by atoms with Crippen LogP contribution in [-0.4, -0.2) is 20.4 Å². The molecule has 1 aromatic carbocycles. The zero-order valence-electron chi connectivity index (χ0n) is 9.52. The third-order valence-electron chi connectivity index (χ3n) is 2.21. The number of nitrogens with zero attached hydrogens (tertiary/aromatic N) is 4. The van der Waals surface area contributed by atoms with Crippen LogP contribution < -0.4 is 4.74 Å². The third kappa shape index (κ3) is 2.69. The molecule has 0 radical (unpaired) electrons. The number of rotatable bonds is 3. The van der Waals surface area contributed by atoms with Gasteiger partial charge in [0.2, 0.25) is 0 Å². The molecule has 0 atom stereocenters. The smallest absolute Gasteiger partial charge is 0.410 e. The fourth-order valence-corrected chi connectivity index (χ4v) is 1.47. The predicted octanol–water partition coefficient (Wildman–Crippen LogP) is 2.97. The lowest BCUT2D eigenvalue weighted by atomic mass is 10.3. The van der Waals surface area contributed by atoms with Crippen molar-refractivity contribution < 1.29 is 9.15 Å². The van der Waals surface area contributed by atoms with E-state index in [0.29, 0.717) is 16.6 Å². The van der Waals surface area contributed by atoms with Crippen molar-refractivity contribution in [2.45, 2.75) is 0 Å². The third-order valence-corrected chi connectivity index (χ3v) is 2.41. The molecule has 0 saturated heterocycles. The summed E-state index contributed by atoms with van der Waals surface area (Å²) < 4.78 is 10.7. The molecule has 0 N–H and O–H groups in total. The van der Waals surface area contributed by atoms with Crippen molar-refractivity contribution in [2.75, 3.05) is 0 Å². The van der Waals surface area contributed by atoms with E-state index in [0.717, 1.165) is 0 Å². The fraction of sp³-hybridized carbons (Fsp3) is 0. The molecule has 6 nitrogen and oxygen atoms in total. The van der Waals surface area contributed by atoms with E-state index in [1.807, 2.05) is 18.2 Å². The molecule has 94 valence electrons. The summed E-state index contributed by atoms with van der Waals surface area (Å²) in [6.07, 6.45) is 0.0398. The highest BCUT2D eigenvalue weighted by Gasteiger charge is 2.11. The zero-order valence-corrected chi connectivity index (χ0v) is 10.3. The lowest BCUT2D eigenvalue weighted by Crippen LogP contribution is -1.86. The standard InChI is InChI=1S/C12H7ClN4O2/c13-10-7-6-9(14-15-10)11-16-17-12(19-11)18-8-4-2-1-3-5-8/h1-7H. The van der Waals surface area contributed by atoms with E-state index < -0.39 is 0 Å². The van der Waals surface area contributed by atoms with E-state index in [4.69, 9.17) is 20.8 Å². The molecular formula is C12H7ClN4O2. The summed E-state index contributed by atoms with van der Waals surface area (Å²) in [6.45, 7) is 0. The van der Waals surface area contributed by atoms with Crippen LogP contribution in [0.25, 0.3) is 11.6 Å². The number of hydrogen-bond donors (Lipinski definition) is 0. The van der Waals surface area contributed by atoms with Crippen LogP contribution in [0.15, 0.2) is 46.9 Å². The Morgan fingerprint density at radius 2 is 1.74 bits per heavy atom. The van der Waals surface area contributed by atoms with Gasteiger partial charge in [-0.15, -0.1) is 15.3 Å². The second-order valence-electron chi connectivity index (χ2n) is 3.53. The number of hydrogen-bond acceptors (Lipinski definition) is 6. The van der Waals surface area contributed by atoms with Gasteiger partial charge in [-0.05, 0) is 24.3 Å². The van der Waals surface area contributed by atoms with Crippen molar-refractivity contribution in [3.05, 3.63) is 47.6 Å². The van der Waals surface area contributed by atoms with Crippen LogP contribution in [0.1, 0.15) is 0 Å². The fourth-order valence-electron chi connectivity index (χ4n) is 1.37. The van der Waals surface area contributed by atoms with Crippen LogP contribution in [0, 0.1) is 0 Å². The Bertz CT molecular complexity index is 670. The molecule has 0 amide bonds. The summed E-state index contributed by atoms with van der Waals surface area (Å²) in [4.78, 5) is 0. The molecule has 7 heteroatoms. The van der Waals surface area contributed by atoms with E-state index in [1.54, 1.807) is 24.3 Å². The van der Waals surface area contributed by atoms with E-state index in [9.17, 15) is 0 Å². The molecule has 0 spiro atoms. The summed E-state index contributed by atoms with van der Waals surface area (Å²) in [6, 6.07) is 12.4. The van der Waals surface area contributed by atoms with E-state index in [-0.39, 0.29) is 12.0 Å². The molecule has 0 fully saturated rings. The Balaban J connectivity index is 1.82. The molecule has 3 aromatic rings. The van der Waals surface area contributed by atoms with Gasteiger partial charge in [0.05, 0.1) is 0 Å². The first-order chi connectivity index (χ1) is 9.31. The van der Waals surface area contributed by atoms with Crippen LogP contribution in [0.3, 0.4) is 0 Å². The summed E-state index contributed by atoms with van der Waals surface area (Å²) in [5.41, 5.74) is 0.430. The van der Waals surface area contributed by atoms with Crippen molar-refractivity contribution in [3.63, 3.8) is 0 Å². The van der Waals surface area contributed by atoms with Gasteiger partial charge in [-0.1, -0.05) is 34.9 Å². The van der Waals surface area contributed by atoms with E-state index >= 15 is 0 Å². The van der Waals surface area contributed by atoms with Crippen molar-refractivity contribution in [1.82, 2.24) is 20.4 Å². The highest BCUT2D eigenvalue weighted by Crippen LogP contribution is 2.23. The maximum absolute atomic E-state index is 5.65. The molecule has 0 bridgehead atoms. The molecule has 2 aromatic heterocycles. The van der Waals surface area contributed by atoms with Gasteiger partial charge in [-0.3, -0.25) is 0 Å². The Kier molecular flexibility index (Phi) is 3.07. The molecule has 0 aliphatic carbocycles. The maximum Gasteiger partial charge on any atom is 0.420 e. The molecule has 0 saturated carbocycles. The average Bonchev–Trinajstić information content (AvgIpc) is 2.89. The topological polar surface area (TPSA) is 73.9 Å². The average molecular weight is 275 g/mol. The SMILES string of the molecule is Clc1ccc(-c2nnc(Oc3ccccc3)o2)nn1. The number of benzene rings is 1. The first-order valence-corrected chi connectivity index (χ1v) is 5.75. The number of ether oxygens (including phenoxy) is 1. The van der Waals surface area contributed by atoms with Crippen molar-refractivity contribution in [1.29, 1.82) is 0 Å². The highest BCUT2D eigenvalue weighted by atomic mass is 35.5. The minimum Gasteiger partial charge on any atom is -0.410 e. The van der Waals surface area contributed by atoms with E-state index in [1.165, 1.54) is 0 Å². The molecule has 0 aliphatic heterocycles. The number of aromatic nitrogens is 4. The highest BCUT2D eigenvalue weighted by molar-refractivity contribution is 6.29. The summed E-state index contributed by atoms with van der Waals surface area (Å²) in [7, 11) is 0. The molecule has 0 aliphatic rings. The van der Waals surface area contributed by atoms with Crippen LogP contribution in [0.2, 0.25) is 5.15 Å². The summed E-state index contributed by atoms with van der Waals surface area (Å²) in [5.74, 6) is 0.829. The van der Waals surface area contributed by atoms with Crippen LogP contribution in [0.5, 0.6) is 11.8 Å². The van der Waals surface area contributed by atoms with Crippen LogP contribution in [-0.2, 0) is 0 Å². The quantitative estimate of drug-likeness (QED) is 0.731. The molecular weight excluding hydrogens is 268 g/mol. The van der Waals surface area contributed by atoms with Gasteiger partial charge in [-0.2, -0.15) is 0 Å². The Morgan fingerprint density at radius 3 is 2.47 bits per heavy atom. The van der Waals surface area contributed by atoms with Gasteiger partial charge in [0, 0.05) is 0 Å². The largest absolute Gasteiger partial charge is 0.420 e. The maximum atomic E-state index is 5.65. The predicted molar refractivity (Wildman–Crippen MR) is 66.9 cm³/mol. The number of para-hydroxylation sites is 1. The minimum atomic E-state index is 0.0398. The van der Waals surface area contributed by atoms with Gasteiger partial charge in [0.25, 0.3) is 5.89 Å². The van der Waals surface area contributed by atoms with Gasteiger partial charge >= 0.3 is 6.08 Å². The molecule has 0 unspecified atom stereocenters. The van der Waals surface area contributed by atoms with Gasteiger partial charge in [0.15, 0.2) is 10.8 Å². The Hall–Kier alpha value is -2.47. The first kappa shape index (κ1) is 11.6. The molecule has 3 rings (SSSR count). The monoisotopic (exact) mass is 274 g/mol. The molecule has 2 heterocycles. The second-order valence-corrected chi connectivity index (χ2v) is 3.92. The summed E-state index contributed by atoms with van der Waals surface area (Å²) >= 11 is 5.65. The number of halogens is 1. The minimum absolute atomic E-state index is 0.0398. The second kappa shape index (κ2) is 5.03. The lowest BCUT2D eigenvalue weighted by Gasteiger charge is -1.97. The van der Waals surface area contributed by atoms with Gasteiger partial charge < -0.3 is 9.15 Å². The Labute approximate surface area is 113 Å². The van der Waals surface area contributed by atoms with Gasteiger partial charge in [0.1, 0.15) is 5.75 Å². The van der Waals surface area contributed by atoms with Crippen molar-refractivity contribution in [3.8, 4) is 23.4 Å². The van der Waals surface area contributed by atoms with Crippen LogP contribution in [0.4, 0.5) is 0 Å². The van der Waals surface area contributed by atoms with Gasteiger partial charge in [-0.25, -0.2) is 0 Å². The van der Waals surface area contributed by atoms with E-state index in [2.05, 4.69) is 20.4 Å². The summed E-state index contributed by atoms with van der Waals surface area (Å²) in [5, 5.41) is 15.4. The lowest BCUT2D eigenvalue weighted by molar-refractivity contribution is 0.335. The molecule has 19 heavy (non-hydrogen) atoms.